The van der Waals surface area contributed by atoms with E-state index < -0.39 is 120 Å². The van der Waals surface area contributed by atoms with Crippen LogP contribution in [-0.2, 0) is 59.2 Å². The lowest BCUT2D eigenvalue weighted by Crippen LogP contribution is -2.60. The molecule has 10 amide bonds. The number of methoxy groups -OCH3 is 2. The first-order chi connectivity index (χ1) is 41.5. The van der Waals surface area contributed by atoms with Crippen molar-refractivity contribution < 1.29 is 67.3 Å². The van der Waals surface area contributed by atoms with Crippen molar-refractivity contribution in [3.63, 3.8) is 0 Å². The third-order valence-corrected chi connectivity index (χ3v) is 16.5. The maximum absolute atomic E-state index is 14.8. The molecule has 1 aliphatic rings. The summed E-state index contributed by atoms with van der Waals surface area (Å²) in [5.41, 5.74) is 6.76. The Balaban J connectivity index is 1.71. The van der Waals surface area contributed by atoms with E-state index in [9.17, 15) is 53.1 Å². The number of primary amides is 1. The van der Waals surface area contributed by atoms with Crippen LogP contribution in [0.25, 0.3) is 0 Å². The second-order valence-electron chi connectivity index (χ2n) is 24.4. The molecule has 2 aromatic rings. The number of anilines is 1. The quantitative estimate of drug-likeness (QED) is 0.0399. The molecule has 492 valence electrons. The molecule has 2 aromatic carbocycles. The van der Waals surface area contributed by atoms with Gasteiger partial charge in [0.1, 0.15) is 36.6 Å². The van der Waals surface area contributed by atoms with E-state index in [1.807, 2.05) is 32.0 Å². The van der Waals surface area contributed by atoms with Crippen molar-refractivity contribution >= 4 is 64.9 Å². The molecule has 0 aromatic heterocycles. The number of hydrogen-bond acceptors (Lipinski definition) is 14. The fourth-order valence-corrected chi connectivity index (χ4v) is 11.2. The van der Waals surface area contributed by atoms with Gasteiger partial charge < -0.3 is 71.5 Å². The Morgan fingerprint density at radius 3 is 1.92 bits per heavy atom. The normalized spacial score (nSPS) is 16.9. The summed E-state index contributed by atoms with van der Waals surface area (Å²) in [6.45, 7) is 19.8. The van der Waals surface area contributed by atoms with Crippen molar-refractivity contribution in [1.29, 1.82) is 0 Å². The highest BCUT2D eigenvalue weighted by molar-refractivity contribution is 5.98. The standard InChI is InChI=1S/C64H102N10O14/c1-16-40(8)55(49(86-14)35-51(77)74-34-22-27-48(74)57(87-15)42(10)58(79)67-43(11)56(78)45-24-18-17-19-25-45)72(12)62(83)53(38(4)5)71-61(82)54(39(6)7)73(13)64(85)88-36-44-29-31-46(32-30-44)68-59(80)47(26-21-33-66-63(65)84)69-60(81)52(37(2)3)70-50(76)28-20-23-41(9)75/h17-19,24-25,29-32,37-40,42-43,47-49,52-57,78H,16,20-23,26-28,33-36H2,1-15H3,(H,67,79)(H,68,80)(H,69,81)(H,70,76)(H,71,82)(H3,65,66,84)/t40-,42+,43+,47-,48-,49+,52-,53-,54-,55-,56+,57+/m0/s1. The van der Waals surface area contributed by atoms with Gasteiger partial charge in [-0.15, -0.1) is 0 Å². The minimum Gasteiger partial charge on any atom is -0.445 e. The number of likely N-dealkylation sites (tertiary alicyclic amines) is 1. The van der Waals surface area contributed by atoms with Gasteiger partial charge in [0.25, 0.3) is 0 Å². The Bertz CT molecular complexity index is 2610. The number of likely N-dealkylation sites (N-methyl/N-ethyl adjacent to an activating group) is 2. The second-order valence-corrected chi connectivity index (χ2v) is 24.4. The van der Waals surface area contributed by atoms with Crippen LogP contribution in [0.3, 0.4) is 0 Å². The third kappa shape index (κ3) is 22.8. The maximum atomic E-state index is 14.8. The molecule has 0 unspecified atom stereocenters. The molecule has 24 heteroatoms. The number of carbonyl (C=O) groups is 10. The first-order valence-electron chi connectivity index (χ1n) is 30.9. The van der Waals surface area contributed by atoms with Crippen molar-refractivity contribution in [2.24, 2.45) is 35.3 Å². The van der Waals surface area contributed by atoms with Crippen molar-refractivity contribution in [3.8, 4) is 0 Å². The van der Waals surface area contributed by atoms with Crippen molar-refractivity contribution in [3.05, 3.63) is 65.7 Å². The molecule has 3 rings (SSSR count). The molecule has 0 saturated carbocycles. The van der Waals surface area contributed by atoms with E-state index in [1.54, 1.807) is 109 Å². The number of carbonyl (C=O) groups excluding carboxylic acids is 10. The number of aliphatic hydroxyl groups is 1. The van der Waals surface area contributed by atoms with Gasteiger partial charge >= 0.3 is 12.1 Å². The van der Waals surface area contributed by atoms with E-state index in [2.05, 4.69) is 31.9 Å². The number of urea groups is 1. The number of nitrogens with two attached hydrogens (primary N) is 1. The molecule has 0 radical (unpaired) electrons. The molecular formula is C64H102N10O14. The van der Waals surface area contributed by atoms with Crippen LogP contribution in [0.5, 0.6) is 0 Å². The molecule has 1 aliphatic heterocycles. The van der Waals surface area contributed by atoms with Gasteiger partial charge in [0.15, 0.2) is 0 Å². The number of nitrogens with one attached hydrogen (secondary N) is 6. The number of hydrogen-bond donors (Lipinski definition) is 8. The summed E-state index contributed by atoms with van der Waals surface area (Å²) in [4.78, 5) is 138. The van der Waals surface area contributed by atoms with Gasteiger partial charge in [0.05, 0.1) is 48.8 Å². The zero-order chi connectivity index (χ0) is 66.1. The van der Waals surface area contributed by atoms with E-state index in [-0.39, 0.29) is 74.7 Å². The smallest absolute Gasteiger partial charge is 0.410 e. The number of benzene rings is 2. The molecule has 0 aliphatic carbocycles. The van der Waals surface area contributed by atoms with Crippen molar-refractivity contribution in [2.75, 3.05) is 46.7 Å². The fourth-order valence-electron chi connectivity index (χ4n) is 11.2. The average molecular weight is 1240 g/mol. The zero-order valence-corrected chi connectivity index (χ0v) is 54.5. The molecule has 1 saturated heterocycles. The fraction of sp³-hybridized carbons (Fsp3) is 0.656. The van der Waals surface area contributed by atoms with Gasteiger partial charge in [0, 0.05) is 59.9 Å². The number of rotatable bonds is 36. The highest BCUT2D eigenvalue weighted by Crippen LogP contribution is 2.30. The molecular weight excluding hydrogens is 1130 g/mol. The van der Waals surface area contributed by atoms with Crippen LogP contribution in [-0.4, -0.2) is 175 Å². The van der Waals surface area contributed by atoms with Crippen LogP contribution >= 0.6 is 0 Å². The van der Waals surface area contributed by atoms with Crippen molar-refractivity contribution in [1.82, 2.24) is 41.3 Å². The summed E-state index contributed by atoms with van der Waals surface area (Å²) in [6.07, 6.45) is -0.415. The lowest BCUT2D eigenvalue weighted by Gasteiger charge is -2.41. The van der Waals surface area contributed by atoms with E-state index in [0.29, 0.717) is 49.0 Å². The van der Waals surface area contributed by atoms with E-state index in [0.717, 1.165) is 0 Å². The van der Waals surface area contributed by atoms with E-state index in [1.165, 1.54) is 33.1 Å². The van der Waals surface area contributed by atoms with Crippen LogP contribution in [0.4, 0.5) is 15.3 Å². The Labute approximate surface area is 520 Å². The van der Waals surface area contributed by atoms with Gasteiger partial charge in [-0.05, 0) is 92.9 Å². The average Bonchev–Trinajstić information content (AvgIpc) is 4.06. The maximum Gasteiger partial charge on any atom is 0.410 e. The monoisotopic (exact) mass is 1230 g/mol. The Hall–Kier alpha value is -7.18. The predicted octanol–water partition coefficient (Wildman–Crippen LogP) is 5.35. The Morgan fingerprint density at radius 2 is 1.36 bits per heavy atom. The lowest BCUT2D eigenvalue weighted by atomic mass is 9.89. The molecule has 0 bridgehead atoms. The minimum absolute atomic E-state index is 0.0437. The number of aliphatic hydroxyl groups excluding tert-OH is 1. The predicted molar refractivity (Wildman–Crippen MR) is 334 cm³/mol. The highest BCUT2D eigenvalue weighted by atomic mass is 16.6. The largest absolute Gasteiger partial charge is 0.445 e. The van der Waals surface area contributed by atoms with Gasteiger partial charge in [-0.2, -0.15) is 0 Å². The third-order valence-electron chi connectivity index (χ3n) is 16.5. The topological polar surface area (TPSA) is 327 Å². The molecule has 1 fully saturated rings. The van der Waals surface area contributed by atoms with E-state index >= 15 is 0 Å². The van der Waals surface area contributed by atoms with Crippen LogP contribution in [0.2, 0.25) is 0 Å². The first-order valence-corrected chi connectivity index (χ1v) is 30.9. The SMILES string of the molecule is CC[C@H](C)[C@@H]([C@@H](CC(=O)N1CCC[C@H]1[C@H](OC)[C@@H](C)C(=O)N[C@H](C)[C@@H](O)c1ccccc1)OC)N(C)C(=O)[C@@H](NC(=O)[C@H](C(C)C)N(C)C(=O)OCc1ccc(NC(=O)[C@H](CCCNC(N)=O)NC(=O)[C@@H](NC(=O)CCCC(C)=O)C(C)C)cc1)C(C)C. The van der Waals surface area contributed by atoms with Gasteiger partial charge in [-0.3, -0.25) is 38.5 Å². The molecule has 9 N–H and O–H groups in total. The summed E-state index contributed by atoms with van der Waals surface area (Å²) in [5, 5.41) is 27.5. The molecule has 24 nitrogen and oxygen atoms in total. The highest BCUT2D eigenvalue weighted by Gasteiger charge is 2.44. The summed E-state index contributed by atoms with van der Waals surface area (Å²) in [7, 11) is 6.09. The second kappa shape index (κ2) is 37.0. The molecule has 88 heavy (non-hydrogen) atoms. The van der Waals surface area contributed by atoms with Crippen LogP contribution < -0.4 is 37.6 Å². The Kier molecular flexibility index (Phi) is 31.5. The molecule has 0 spiro atoms. The number of ketones is 1. The van der Waals surface area contributed by atoms with Gasteiger partial charge in [-0.1, -0.05) is 111 Å². The molecule has 12 atom stereocenters. The van der Waals surface area contributed by atoms with Crippen molar-refractivity contribution in [2.45, 2.75) is 201 Å². The Morgan fingerprint density at radius 1 is 0.727 bits per heavy atom. The van der Waals surface area contributed by atoms with Gasteiger partial charge in [-0.25, -0.2) is 9.59 Å². The first kappa shape index (κ1) is 75.1. The molecule has 1 heterocycles. The van der Waals surface area contributed by atoms with E-state index in [4.69, 9.17) is 19.9 Å². The van der Waals surface area contributed by atoms with Gasteiger partial charge in [0.2, 0.25) is 41.4 Å². The van der Waals surface area contributed by atoms with Crippen LogP contribution in [0.15, 0.2) is 54.6 Å². The number of amides is 10. The number of ether oxygens (including phenoxy) is 3. The lowest BCUT2D eigenvalue weighted by molar-refractivity contribution is -0.148. The summed E-state index contributed by atoms with van der Waals surface area (Å²) in [6, 6.07) is 8.84. The number of nitrogens with zero attached hydrogens (tertiary/aromatic N) is 3. The summed E-state index contributed by atoms with van der Waals surface area (Å²) >= 11 is 0. The zero-order valence-electron chi connectivity index (χ0n) is 54.5. The van der Waals surface area contributed by atoms with Crippen LogP contribution in [0, 0.1) is 29.6 Å². The minimum atomic E-state index is -1.09. The summed E-state index contributed by atoms with van der Waals surface area (Å²) < 4.78 is 17.7. The van der Waals surface area contributed by atoms with Crippen LogP contribution in [0.1, 0.15) is 151 Å². The number of Topliss-reactive ketones (excluding diaryl/α,β-unsaturated/α-hetero) is 1. The summed E-state index contributed by atoms with van der Waals surface area (Å²) in [5.74, 6) is -5.27.